The summed E-state index contributed by atoms with van der Waals surface area (Å²) >= 11 is 0. The number of benzene rings is 1. The van der Waals surface area contributed by atoms with Crippen LogP contribution in [-0.4, -0.2) is 107 Å². The predicted octanol–water partition coefficient (Wildman–Crippen LogP) is 2.65. The fourth-order valence-electron chi connectivity index (χ4n) is 6.90. The van der Waals surface area contributed by atoms with Gasteiger partial charge in [0.25, 0.3) is 5.91 Å². The van der Waals surface area contributed by atoms with Crippen molar-refractivity contribution in [1.82, 2.24) is 15.1 Å². The molecule has 1 fully saturated rings. The van der Waals surface area contributed by atoms with E-state index in [1.807, 2.05) is 35.2 Å². The van der Waals surface area contributed by atoms with Crippen LogP contribution in [0.4, 0.5) is 4.79 Å². The summed E-state index contributed by atoms with van der Waals surface area (Å²) in [5.74, 6) is -4.89. The van der Waals surface area contributed by atoms with E-state index in [0.29, 0.717) is 6.42 Å². The van der Waals surface area contributed by atoms with E-state index in [4.69, 9.17) is 20.9 Å². The van der Waals surface area contributed by atoms with Gasteiger partial charge in [0.1, 0.15) is 17.2 Å². The second kappa shape index (κ2) is 18.2. The minimum atomic E-state index is -1.80. The fourth-order valence-corrected chi connectivity index (χ4v) is 6.90. The van der Waals surface area contributed by atoms with Gasteiger partial charge in [-0.3, -0.25) is 24.2 Å². The maximum atomic E-state index is 14.8. The van der Waals surface area contributed by atoms with Crippen LogP contribution in [0.15, 0.2) is 30.3 Å². The molecule has 6 N–H and O–H groups in total. The quantitative estimate of drug-likeness (QED) is 0.208. The van der Waals surface area contributed by atoms with Gasteiger partial charge in [0.15, 0.2) is 5.78 Å². The largest absolute Gasteiger partial charge is 0.467 e. The summed E-state index contributed by atoms with van der Waals surface area (Å²) in [6.45, 7) is 15.7. The molecular formula is C37H61N5O8. The van der Waals surface area contributed by atoms with E-state index in [9.17, 15) is 29.1 Å². The highest BCUT2D eigenvalue weighted by Crippen LogP contribution is 2.38. The molecule has 1 aromatic carbocycles. The third-order valence-corrected chi connectivity index (χ3v) is 9.67. The Morgan fingerprint density at radius 2 is 1.66 bits per heavy atom. The molecule has 1 aliphatic rings. The molecule has 50 heavy (non-hydrogen) atoms. The fraction of sp³-hybridized carbons (Fsp3) is 0.703. The minimum Gasteiger partial charge on any atom is -0.467 e. The molecule has 0 aliphatic carbocycles. The molecular weight excluding hydrogens is 642 g/mol. The summed E-state index contributed by atoms with van der Waals surface area (Å²) < 4.78 is 10.4. The Kier molecular flexibility index (Phi) is 15.6. The number of nitrogens with two attached hydrogens (primary N) is 2. The average Bonchev–Trinajstić information content (AvgIpc) is 3.20. The first-order valence-corrected chi connectivity index (χ1v) is 17.7. The average molecular weight is 704 g/mol. The number of carbonyl (C=O) groups is 5. The number of aliphatic hydroxyl groups excluding tert-OH is 1. The van der Waals surface area contributed by atoms with Crippen molar-refractivity contribution < 1.29 is 38.6 Å². The number of hydrogen-bond donors (Lipinski definition) is 4. The number of likely N-dealkylation sites (tertiary alicyclic amines) is 1. The van der Waals surface area contributed by atoms with Crippen LogP contribution in [0.25, 0.3) is 0 Å². The number of hydrogen-bond acceptors (Lipinski definition) is 11. The van der Waals surface area contributed by atoms with Gasteiger partial charge in [-0.05, 0) is 64.5 Å². The molecule has 0 radical (unpaired) electrons. The Hall–Kier alpha value is -3.39. The molecule has 0 spiro atoms. The normalized spacial score (nSPS) is 21.7. The number of methoxy groups -OCH3 is 1. The lowest BCUT2D eigenvalue weighted by Gasteiger charge is -2.46. The van der Waals surface area contributed by atoms with E-state index >= 15 is 0 Å². The van der Waals surface area contributed by atoms with E-state index in [2.05, 4.69) is 5.32 Å². The van der Waals surface area contributed by atoms with E-state index in [-0.39, 0.29) is 38.3 Å². The maximum Gasteiger partial charge on any atom is 0.408 e. The van der Waals surface area contributed by atoms with Crippen LogP contribution in [0.3, 0.4) is 0 Å². The van der Waals surface area contributed by atoms with Crippen molar-refractivity contribution in [3.05, 3.63) is 35.9 Å². The van der Waals surface area contributed by atoms with Crippen molar-refractivity contribution in [2.45, 2.75) is 117 Å². The number of aliphatic hydroxyl groups is 1. The zero-order valence-corrected chi connectivity index (χ0v) is 31.6. The summed E-state index contributed by atoms with van der Waals surface area (Å²) in [5, 5.41) is 14.9. The first-order valence-electron chi connectivity index (χ1n) is 17.7. The van der Waals surface area contributed by atoms with Crippen LogP contribution >= 0.6 is 0 Å². The van der Waals surface area contributed by atoms with Crippen molar-refractivity contribution in [2.75, 3.05) is 26.7 Å². The van der Waals surface area contributed by atoms with Gasteiger partial charge in [0.2, 0.25) is 5.91 Å². The summed E-state index contributed by atoms with van der Waals surface area (Å²) in [7, 11) is 1.20. The van der Waals surface area contributed by atoms with Gasteiger partial charge in [0, 0.05) is 31.3 Å². The van der Waals surface area contributed by atoms with Crippen molar-refractivity contribution in [2.24, 2.45) is 35.1 Å². The molecule has 1 aromatic rings. The van der Waals surface area contributed by atoms with Crippen LogP contribution in [0.2, 0.25) is 0 Å². The number of rotatable bonds is 14. The molecule has 0 saturated carbocycles. The highest BCUT2D eigenvalue weighted by atomic mass is 16.6. The van der Waals surface area contributed by atoms with Crippen LogP contribution < -0.4 is 16.8 Å². The van der Waals surface area contributed by atoms with E-state index in [1.165, 1.54) is 7.11 Å². The molecule has 13 nitrogen and oxygen atoms in total. The highest BCUT2D eigenvalue weighted by Gasteiger charge is 2.55. The zero-order chi connectivity index (χ0) is 38.1. The maximum absolute atomic E-state index is 14.8. The van der Waals surface area contributed by atoms with Gasteiger partial charge in [-0.25, -0.2) is 9.59 Å². The number of Topliss-reactive ketones (excluding diaryl/α,β-unsaturated/α-hetero) is 1. The predicted molar refractivity (Wildman–Crippen MR) is 191 cm³/mol. The van der Waals surface area contributed by atoms with Crippen molar-refractivity contribution in [3.8, 4) is 0 Å². The van der Waals surface area contributed by atoms with Crippen LogP contribution in [0.1, 0.15) is 80.7 Å². The Balaban J connectivity index is 2.64. The van der Waals surface area contributed by atoms with Gasteiger partial charge in [0.05, 0.1) is 25.3 Å². The molecule has 282 valence electrons. The van der Waals surface area contributed by atoms with Crippen LogP contribution in [0, 0.1) is 23.7 Å². The van der Waals surface area contributed by atoms with Gasteiger partial charge < -0.3 is 31.4 Å². The third kappa shape index (κ3) is 10.3. The molecule has 1 heterocycles. The number of nitrogens with one attached hydrogen (secondary N) is 1. The molecule has 3 amide bonds. The van der Waals surface area contributed by atoms with Crippen molar-refractivity contribution >= 4 is 29.7 Å². The Morgan fingerprint density at radius 1 is 1.06 bits per heavy atom. The van der Waals surface area contributed by atoms with Crippen molar-refractivity contribution in [1.29, 1.82) is 0 Å². The van der Waals surface area contributed by atoms with Crippen LogP contribution in [0.5, 0.6) is 0 Å². The van der Waals surface area contributed by atoms with Crippen molar-refractivity contribution in [3.63, 3.8) is 0 Å². The molecule has 2 rings (SSSR count). The lowest BCUT2D eigenvalue weighted by molar-refractivity contribution is -0.167. The Labute approximate surface area is 297 Å². The second-order valence-corrected chi connectivity index (χ2v) is 15.1. The van der Waals surface area contributed by atoms with E-state index in [1.54, 1.807) is 62.3 Å². The highest BCUT2D eigenvalue weighted by molar-refractivity contribution is 6.03. The first kappa shape index (κ1) is 42.8. The smallest absolute Gasteiger partial charge is 0.408 e. The van der Waals surface area contributed by atoms with Gasteiger partial charge >= 0.3 is 12.1 Å². The minimum absolute atomic E-state index is 0.0619. The van der Waals surface area contributed by atoms with Crippen LogP contribution in [-0.2, 0) is 35.1 Å². The molecule has 0 aromatic heterocycles. The topological polar surface area (TPSA) is 195 Å². The molecule has 1 saturated heterocycles. The number of ether oxygens (including phenoxy) is 2. The molecule has 1 aliphatic heterocycles. The number of carbonyl (C=O) groups excluding carboxylic acids is 5. The van der Waals surface area contributed by atoms with Gasteiger partial charge in [-0.1, -0.05) is 65.0 Å². The Morgan fingerprint density at radius 3 is 2.14 bits per heavy atom. The number of esters is 1. The lowest BCUT2D eigenvalue weighted by atomic mass is 9.68. The zero-order valence-electron chi connectivity index (χ0n) is 31.6. The van der Waals surface area contributed by atoms with Gasteiger partial charge in [-0.15, -0.1) is 0 Å². The standard InChI is InChI=1S/C37H61N5O8/c1-11-29(43)42(30(22(2)3)33(46)49-10)34(47)37(39,23(4)5)27-17-18-41(21-26(32(27)45)19-25-15-13-12-14-16-25)28(20-38)31(44)24(6)40-35(48)50-36(7,8)9/h12-16,22-24,26-28,30,32,45H,11,17-21,38-39H2,1-10H3,(H,40,48)/t24-,26?,27?,28+,30?,32?,37+/m0/s1. The number of alkyl carbamates (subject to hydrolysis) is 1. The second-order valence-electron chi connectivity index (χ2n) is 15.1. The third-order valence-electron chi connectivity index (χ3n) is 9.67. The first-order chi connectivity index (χ1) is 23.2. The number of nitrogens with zero attached hydrogens (tertiary/aromatic N) is 2. The van der Waals surface area contributed by atoms with E-state index < -0.39 is 82.9 Å². The summed E-state index contributed by atoms with van der Waals surface area (Å²) in [5.41, 5.74) is 11.8. The molecule has 0 bridgehead atoms. The lowest BCUT2D eigenvalue weighted by Crippen LogP contribution is -2.69. The van der Waals surface area contributed by atoms with E-state index in [0.717, 1.165) is 10.5 Å². The van der Waals surface area contributed by atoms with Gasteiger partial charge in [-0.2, -0.15) is 0 Å². The molecule has 7 atom stereocenters. The number of amides is 3. The SMILES string of the molecule is CCC(=O)N(C(=O)[C@@](N)(C(C)C)C1CCN([C@H](CN)C(=O)[C@H](C)NC(=O)OC(C)(C)C)CC(Cc2ccccc2)C1O)C(C(=O)OC)C(C)C. The number of imide groups is 1. The summed E-state index contributed by atoms with van der Waals surface area (Å²) in [4.78, 5) is 70.5. The molecule has 13 heteroatoms. The number of ketones is 1. The Bertz CT molecular complexity index is 1320. The monoisotopic (exact) mass is 703 g/mol. The molecule has 4 unspecified atom stereocenters. The summed E-state index contributed by atoms with van der Waals surface area (Å²) in [6, 6.07) is 6.55. The summed E-state index contributed by atoms with van der Waals surface area (Å²) in [6.07, 6.45) is -1.39.